The summed E-state index contributed by atoms with van der Waals surface area (Å²) in [6, 6.07) is 19.6. The first-order valence-corrected chi connectivity index (χ1v) is 13.4. The number of hydrogen-bond acceptors (Lipinski definition) is 4. The Bertz CT molecular complexity index is 1420. The van der Waals surface area contributed by atoms with Crippen molar-refractivity contribution in [1.29, 1.82) is 0 Å². The van der Waals surface area contributed by atoms with Gasteiger partial charge in [-0.2, -0.15) is 13.2 Å². The molecule has 9 heteroatoms. The van der Waals surface area contributed by atoms with Gasteiger partial charge < -0.3 is 21.7 Å². The van der Waals surface area contributed by atoms with Gasteiger partial charge in [-0.25, -0.2) is 0 Å². The summed E-state index contributed by atoms with van der Waals surface area (Å²) in [5.74, 6) is -0.109. The highest BCUT2D eigenvalue weighted by molar-refractivity contribution is 6.30. The van der Waals surface area contributed by atoms with E-state index < -0.39 is 17.7 Å². The number of carbonyl (C=O) groups is 1. The lowest BCUT2D eigenvalue weighted by Gasteiger charge is -2.23. The van der Waals surface area contributed by atoms with Gasteiger partial charge in [0.25, 0.3) is 5.91 Å². The van der Waals surface area contributed by atoms with Crippen molar-refractivity contribution in [3.63, 3.8) is 0 Å². The van der Waals surface area contributed by atoms with Gasteiger partial charge in [0.05, 0.1) is 11.6 Å². The fourth-order valence-corrected chi connectivity index (χ4v) is 4.54. The van der Waals surface area contributed by atoms with Crippen LogP contribution in [0.25, 0.3) is 0 Å². The monoisotopic (exact) mass is 568 g/mol. The Labute approximate surface area is 237 Å². The summed E-state index contributed by atoms with van der Waals surface area (Å²) < 4.78 is 39.9. The van der Waals surface area contributed by atoms with E-state index in [2.05, 4.69) is 22.5 Å². The van der Waals surface area contributed by atoms with Gasteiger partial charge in [0, 0.05) is 22.9 Å². The SMILES string of the molecule is C=C(/C=C(\Nc1cccc(CN)c1)C(=O)Nc1cccc(C(NCC2CC2)c2ccc(Cl)cc2C)c1)C(F)(F)F. The predicted octanol–water partition coefficient (Wildman–Crippen LogP) is 7.25. The Balaban J connectivity index is 1.61. The Hall–Kier alpha value is -3.59. The third-order valence-corrected chi connectivity index (χ3v) is 6.93. The molecule has 210 valence electrons. The molecule has 4 rings (SSSR count). The summed E-state index contributed by atoms with van der Waals surface area (Å²) in [5.41, 5.74) is 8.83. The highest BCUT2D eigenvalue weighted by Gasteiger charge is 2.31. The van der Waals surface area contributed by atoms with Crippen LogP contribution in [0, 0.1) is 12.8 Å². The third-order valence-electron chi connectivity index (χ3n) is 6.70. The van der Waals surface area contributed by atoms with Crippen LogP contribution < -0.4 is 21.7 Å². The van der Waals surface area contributed by atoms with Crippen LogP contribution in [0.1, 0.15) is 41.1 Å². The number of aryl methyl sites for hydroxylation is 1. The number of anilines is 2. The first-order chi connectivity index (χ1) is 19.0. The minimum atomic E-state index is -4.69. The van der Waals surface area contributed by atoms with Gasteiger partial charge in [-0.15, -0.1) is 0 Å². The van der Waals surface area contributed by atoms with Crippen molar-refractivity contribution >= 4 is 28.9 Å². The molecule has 0 aliphatic heterocycles. The molecule has 1 fully saturated rings. The zero-order chi connectivity index (χ0) is 28.9. The molecule has 3 aromatic rings. The molecular weight excluding hydrogens is 537 g/mol. The number of hydrogen-bond donors (Lipinski definition) is 4. The van der Waals surface area contributed by atoms with E-state index >= 15 is 0 Å². The highest BCUT2D eigenvalue weighted by Crippen LogP contribution is 2.33. The van der Waals surface area contributed by atoms with Crippen molar-refractivity contribution in [2.24, 2.45) is 11.7 Å². The molecule has 1 saturated carbocycles. The van der Waals surface area contributed by atoms with E-state index in [-0.39, 0.29) is 18.3 Å². The Morgan fingerprint density at radius 3 is 2.42 bits per heavy atom. The van der Waals surface area contributed by atoms with Gasteiger partial charge in [0.15, 0.2) is 0 Å². The topological polar surface area (TPSA) is 79.2 Å². The summed E-state index contributed by atoms with van der Waals surface area (Å²) >= 11 is 6.19. The van der Waals surface area contributed by atoms with E-state index in [0.717, 1.165) is 28.8 Å². The van der Waals surface area contributed by atoms with Crippen molar-refractivity contribution < 1.29 is 18.0 Å². The molecule has 5 N–H and O–H groups in total. The van der Waals surface area contributed by atoms with E-state index in [9.17, 15) is 18.0 Å². The number of benzene rings is 3. The van der Waals surface area contributed by atoms with E-state index in [1.807, 2.05) is 37.3 Å². The quantitative estimate of drug-likeness (QED) is 0.145. The van der Waals surface area contributed by atoms with Crippen LogP contribution in [-0.2, 0) is 11.3 Å². The van der Waals surface area contributed by atoms with Gasteiger partial charge in [0.2, 0.25) is 0 Å². The molecule has 0 bridgehead atoms. The number of allylic oxidation sites excluding steroid dienone is 2. The fourth-order valence-electron chi connectivity index (χ4n) is 4.32. The molecule has 0 radical (unpaired) electrons. The minimum absolute atomic E-state index is 0.160. The van der Waals surface area contributed by atoms with Gasteiger partial charge in [0.1, 0.15) is 5.70 Å². The smallest absolute Gasteiger partial charge is 0.351 e. The number of alkyl halides is 3. The molecule has 1 aliphatic rings. The van der Waals surface area contributed by atoms with E-state index in [1.165, 1.54) is 12.8 Å². The van der Waals surface area contributed by atoms with Crippen molar-refractivity contribution in [1.82, 2.24) is 5.32 Å². The maximum Gasteiger partial charge on any atom is 0.415 e. The summed E-state index contributed by atoms with van der Waals surface area (Å²) in [5, 5.41) is 9.83. The Morgan fingerprint density at radius 1 is 1.07 bits per heavy atom. The van der Waals surface area contributed by atoms with Crippen LogP contribution in [0.4, 0.5) is 24.5 Å². The number of halogens is 4. The van der Waals surface area contributed by atoms with Crippen molar-refractivity contribution in [3.8, 4) is 0 Å². The molecule has 0 aromatic heterocycles. The molecule has 3 aromatic carbocycles. The molecular formula is C31H32ClF3N4O. The summed E-state index contributed by atoms with van der Waals surface area (Å²) in [4.78, 5) is 13.3. The maximum absolute atomic E-state index is 13.3. The molecule has 40 heavy (non-hydrogen) atoms. The second kappa shape index (κ2) is 12.7. The van der Waals surface area contributed by atoms with Crippen molar-refractivity contribution in [2.75, 3.05) is 17.2 Å². The second-order valence-electron chi connectivity index (χ2n) is 9.98. The number of carbonyl (C=O) groups excluding carboxylic acids is 1. The van der Waals surface area contributed by atoms with Crippen molar-refractivity contribution in [3.05, 3.63) is 118 Å². The van der Waals surface area contributed by atoms with E-state index in [4.69, 9.17) is 17.3 Å². The van der Waals surface area contributed by atoms with Crippen LogP contribution in [0.3, 0.4) is 0 Å². The zero-order valence-corrected chi connectivity index (χ0v) is 22.9. The molecule has 5 nitrogen and oxygen atoms in total. The zero-order valence-electron chi connectivity index (χ0n) is 22.1. The minimum Gasteiger partial charge on any atom is -0.351 e. The van der Waals surface area contributed by atoms with Crippen molar-refractivity contribution in [2.45, 2.75) is 38.5 Å². The van der Waals surface area contributed by atoms with E-state index in [0.29, 0.717) is 28.4 Å². The summed E-state index contributed by atoms with van der Waals surface area (Å²) in [7, 11) is 0. The first kappa shape index (κ1) is 29.4. The van der Waals surface area contributed by atoms with E-state index in [1.54, 1.807) is 36.4 Å². The van der Waals surface area contributed by atoms with Crippen LogP contribution in [-0.4, -0.2) is 18.6 Å². The third kappa shape index (κ3) is 7.97. The number of amides is 1. The maximum atomic E-state index is 13.3. The van der Waals surface area contributed by atoms with Gasteiger partial charge in [-0.3, -0.25) is 4.79 Å². The predicted molar refractivity (Wildman–Crippen MR) is 155 cm³/mol. The Morgan fingerprint density at radius 2 is 1.77 bits per heavy atom. The van der Waals surface area contributed by atoms with Gasteiger partial charge >= 0.3 is 6.18 Å². The van der Waals surface area contributed by atoms with Gasteiger partial charge in [-0.1, -0.05) is 48.5 Å². The standard InChI is InChI=1S/C31H32ClF3N4O/c1-19-13-24(32)11-12-27(19)29(37-18-21-9-10-21)23-6-4-8-26(16-23)39-30(40)28(14-20(2)31(33,34)35)38-25-7-3-5-22(15-25)17-36/h3-8,11-16,21,29,37-38H,2,9-10,17-18,36H2,1H3,(H,39,40)/b28-14-. The summed E-state index contributed by atoms with van der Waals surface area (Å²) in [6.45, 7) is 6.18. The van der Waals surface area contributed by atoms with Crippen LogP contribution in [0.5, 0.6) is 0 Å². The molecule has 1 unspecified atom stereocenters. The lowest BCUT2D eigenvalue weighted by molar-refractivity contribution is -0.112. The van der Waals surface area contributed by atoms with Gasteiger partial charge in [-0.05, 0) is 97.0 Å². The average molecular weight is 569 g/mol. The lowest BCUT2D eigenvalue weighted by atomic mass is 9.94. The second-order valence-corrected chi connectivity index (χ2v) is 10.4. The molecule has 0 saturated heterocycles. The number of rotatable bonds is 11. The Kier molecular flexibility index (Phi) is 9.35. The van der Waals surface area contributed by atoms with Crippen LogP contribution >= 0.6 is 11.6 Å². The number of nitrogens with two attached hydrogens (primary N) is 1. The average Bonchev–Trinajstić information content (AvgIpc) is 3.74. The summed E-state index contributed by atoms with van der Waals surface area (Å²) in [6.07, 6.45) is -1.61. The largest absolute Gasteiger partial charge is 0.415 e. The number of nitrogens with one attached hydrogen (secondary N) is 3. The normalized spacial score (nSPS) is 14.5. The van der Waals surface area contributed by atoms with Crippen LogP contribution in [0.15, 0.2) is 90.7 Å². The molecule has 1 amide bonds. The highest BCUT2D eigenvalue weighted by atomic mass is 35.5. The molecule has 1 aliphatic carbocycles. The molecule has 0 heterocycles. The molecule has 1 atom stereocenters. The molecule has 0 spiro atoms. The first-order valence-electron chi connectivity index (χ1n) is 13.0. The van der Waals surface area contributed by atoms with Crippen LogP contribution in [0.2, 0.25) is 5.02 Å². The fraction of sp³-hybridized carbons (Fsp3) is 0.258. The lowest BCUT2D eigenvalue weighted by Crippen LogP contribution is -2.26.